The van der Waals surface area contributed by atoms with E-state index in [0.717, 1.165) is 11.5 Å². The minimum Gasteiger partial charge on any atom is -0.456 e. The van der Waals surface area contributed by atoms with Gasteiger partial charge in [0.2, 0.25) is 5.91 Å². The molecule has 160 valence electrons. The molecule has 1 fully saturated rings. The van der Waals surface area contributed by atoms with Crippen molar-refractivity contribution < 1.29 is 28.8 Å². The van der Waals surface area contributed by atoms with E-state index in [4.69, 9.17) is 9.47 Å². The predicted molar refractivity (Wildman–Crippen MR) is 109 cm³/mol. The molecule has 2 aliphatic heterocycles. The number of hydrogen-bond acceptors (Lipinski definition) is 10. The second kappa shape index (κ2) is 8.47. The Morgan fingerprint density at radius 1 is 1.29 bits per heavy atom. The van der Waals surface area contributed by atoms with E-state index in [0.29, 0.717) is 10.4 Å². The van der Waals surface area contributed by atoms with Crippen LogP contribution in [0.4, 0.5) is 5.69 Å². The van der Waals surface area contributed by atoms with Gasteiger partial charge >= 0.3 is 11.9 Å². The molecule has 10 nitrogen and oxygen atoms in total. The first-order valence-electron chi connectivity index (χ1n) is 9.04. The summed E-state index contributed by atoms with van der Waals surface area (Å²) in [4.78, 5) is 49.1. The standard InChI is InChI=1S/C19H15N3O7S2/c1-10(23)29-16(14-6-7-20-31-14)15-17(24)21-13(9-30-18(15)21)19(25)28-8-11-2-4-12(5-3-11)22(26)27/h2-7,9,15-16,18H,8H2,1H3. The minimum absolute atomic E-state index is 0.0617. The number of ether oxygens (including phenoxy) is 2. The minimum atomic E-state index is -0.768. The van der Waals surface area contributed by atoms with E-state index in [1.54, 1.807) is 17.7 Å². The molecule has 0 radical (unpaired) electrons. The second-order valence-electron chi connectivity index (χ2n) is 6.71. The average Bonchev–Trinajstić information content (AvgIpc) is 3.39. The second-order valence-corrected chi connectivity index (χ2v) is 8.56. The average molecular weight is 461 g/mol. The molecule has 1 amide bonds. The lowest BCUT2D eigenvalue weighted by Crippen LogP contribution is -2.59. The number of hydrogen-bond donors (Lipinski definition) is 0. The third-order valence-corrected chi connectivity index (χ3v) is 6.69. The van der Waals surface area contributed by atoms with Crippen molar-refractivity contribution in [3.8, 4) is 0 Å². The highest BCUT2D eigenvalue weighted by atomic mass is 32.2. The van der Waals surface area contributed by atoms with Gasteiger partial charge in [-0.05, 0) is 35.3 Å². The molecule has 0 spiro atoms. The van der Waals surface area contributed by atoms with Crippen molar-refractivity contribution in [2.75, 3.05) is 0 Å². The van der Waals surface area contributed by atoms with Crippen molar-refractivity contribution in [1.82, 2.24) is 9.27 Å². The van der Waals surface area contributed by atoms with Gasteiger partial charge in [0.1, 0.15) is 23.6 Å². The van der Waals surface area contributed by atoms with Gasteiger partial charge in [0.25, 0.3) is 5.69 Å². The molecule has 0 saturated carbocycles. The van der Waals surface area contributed by atoms with Crippen molar-refractivity contribution in [2.24, 2.45) is 5.92 Å². The predicted octanol–water partition coefficient (Wildman–Crippen LogP) is 2.77. The van der Waals surface area contributed by atoms with E-state index in [1.165, 1.54) is 47.9 Å². The Morgan fingerprint density at radius 3 is 2.65 bits per heavy atom. The smallest absolute Gasteiger partial charge is 0.355 e. The van der Waals surface area contributed by atoms with Gasteiger partial charge in [-0.25, -0.2) is 9.17 Å². The van der Waals surface area contributed by atoms with Crippen LogP contribution >= 0.6 is 23.3 Å². The third kappa shape index (κ3) is 4.03. The van der Waals surface area contributed by atoms with E-state index < -0.39 is 28.9 Å². The van der Waals surface area contributed by atoms with Crippen LogP contribution < -0.4 is 0 Å². The topological polar surface area (TPSA) is 129 Å². The molecule has 3 heterocycles. The maximum absolute atomic E-state index is 12.8. The molecular formula is C19H15N3O7S2. The van der Waals surface area contributed by atoms with Gasteiger partial charge in [-0.15, -0.1) is 11.8 Å². The van der Waals surface area contributed by atoms with E-state index in [-0.39, 0.29) is 29.3 Å². The summed E-state index contributed by atoms with van der Waals surface area (Å²) in [5.74, 6) is -2.16. The lowest BCUT2D eigenvalue weighted by Gasteiger charge is -2.45. The number of amides is 1. The van der Waals surface area contributed by atoms with Crippen molar-refractivity contribution in [3.63, 3.8) is 0 Å². The van der Waals surface area contributed by atoms with Crippen molar-refractivity contribution >= 4 is 46.8 Å². The molecule has 1 aromatic carbocycles. The molecule has 0 aliphatic carbocycles. The molecule has 2 aromatic rings. The SMILES string of the molecule is CC(=O)OC(c1ccns1)C1C(=O)N2C(C(=O)OCc3ccc([N+](=O)[O-])cc3)=CSC12. The van der Waals surface area contributed by atoms with Gasteiger partial charge < -0.3 is 9.47 Å². The number of non-ortho nitro benzene ring substituents is 1. The van der Waals surface area contributed by atoms with Crippen LogP contribution in [0.5, 0.6) is 0 Å². The van der Waals surface area contributed by atoms with Crippen LogP contribution in [0.1, 0.15) is 23.5 Å². The molecule has 31 heavy (non-hydrogen) atoms. The quantitative estimate of drug-likeness (QED) is 0.264. The normalized spacial score (nSPS) is 20.4. The van der Waals surface area contributed by atoms with Gasteiger partial charge in [-0.1, -0.05) is 0 Å². The Hall–Kier alpha value is -3.25. The molecule has 4 rings (SSSR count). The number of nitro benzene ring substituents is 1. The van der Waals surface area contributed by atoms with Crippen molar-refractivity contribution in [3.05, 3.63) is 68.2 Å². The van der Waals surface area contributed by atoms with Crippen molar-refractivity contribution in [1.29, 1.82) is 0 Å². The number of benzene rings is 1. The van der Waals surface area contributed by atoms with Crippen LogP contribution in [0, 0.1) is 16.0 Å². The molecule has 3 unspecified atom stereocenters. The van der Waals surface area contributed by atoms with Crippen LogP contribution in [0.3, 0.4) is 0 Å². The Kier molecular flexibility index (Phi) is 5.74. The van der Waals surface area contributed by atoms with Crippen LogP contribution in [0.25, 0.3) is 0 Å². The lowest BCUT2D eigenvalue weighted by molar-refractivity contribution is -0.384. The summed E-state index contributed by atoms with van der Waals surface area (Å²) < 4.78 is 14.7. The Morgan fingerprint density at radius 2 is 2.03 bits per heavy atom. The summed E-state index contributed by atoms with van der Waals surface area (Å²) >= 11 is 2.42. The summed E-state index contributed by atoms with van der Waals surface area (Å²) in [6.07, 6.45) is 0.799. The monoisotopic (exact) mass is 461 g/mol. The van der Waals surface area contributed by atoms with Crippen molar-refractivity contribution in [2.45, 2.75) is 25.0 Å². The molecule has 0 bridgehead atoms. The fourth-order valence-electron chi connectivity index (χ4n) is 3.30. The molecule has 2 aliphatic rings. The Bertz CT molecular complexity index is 1070. The van der Waals surface area contributed by atoms with Gasteiger partial charge in [-0.3, -0.25) is 24.6 Å². The number of nitro groups is 1. The maximum atomic E-state index is 12.8. The number of rotatable bonds is 7. The van der Waals surface area contributed by atoms with E-state index in [2.05, 4.69) is 4.37 Å². The molecule has 12 heteroatoms. The van der Waals surface area contributed by atoms with Gasteiger partial charge in [0.15, 0.2) is 6.10 Å². The van der Waals surface area contributed by atoms with Crippen LogP contribution in [-0.4, -0.2) is 37.4 Å². The van der Waals surface area contributed by atoms with E-state index in [1.807, 2.05) is 0 Å². The lowest BCUT2D eigenvalue weighted by atomic mass is 9.90. The van der Waals surface area contributed by atoms with Gasteiger partial charge in [-0.2, -0.15) is 0 Å². The van der Waals surface area contributed by atoms with Gasteiger partial charge in [0, 0.05) is 30.7 Å². The highest BCUT2D eigenvalue weighted by Crippen LogP contribution is 2.51. The number of esters is 2. The first-order chi connectivity index (χ1) is 14.9. The molecule has 3 atom stereocenters. The number of thioether (sulfide) groups is 1. The summed E-state index contributed by atoms with van der Waals surface area (Å²) in [6, 6.07) is 7.33. The van der Waals surface area contributed by atoms with E-state index in [9.17, 15) is 24.5 Å². The molecule has 1 saturated heterocycles. The zero-order valence-electron chi connectivity index (χ0n) is 16.0. The number of aromatic nitrogens is 1. The number of β-lactam (4-membered cyclic amide) rings is 1. The summed E-state index contributed by atoms with van der Waals surface area (Å²) in [5.41, 5.74) is 0.632. The van der Waals surface area contributed by atoms with Gasteiger partial charge in [0.05, 0.1) is 9.80 Å². The highest BCUT2D eigenvalue weighted by Gasteiger charge is 2.58. The Balaban J connectivity index is 1.40. The number of carbonyl (C=O) groups excluding carboxylic acids is 3. The zero-order valence-corrected chi connectivity index (χ0v) is 17.6. The third-order valence-electron chi connectivity index (χ3n) is 4.75. The number of carbonyl (C=O) groups is 3. The maximum Gasteiger partial charge on any atom is 0.355 e. The number of fused-ring (bicyclic) bond motifs is 1. The fraction of sp³-hybridized carbons (Fsp3) is 0.263. The molecular weight excluding hydrogens is 446 g/mol. The van der Waals surface area contributed by atoms with Crippen LogP contribution in [0.2, 0.25) is 0 Å². The first kappa shape index (κ1) is 21.0. The summed E-state index contributed by atoms with van der Waals surface area (Å²) in [5, 5.41) is 11.9. The zero-order chi connectivity index (χ0) is 22.1. The largest absolute Gasteiger partial charge is 0.456 e. The summed E-state index contributed by atoms with van der Waals surface area (Å²) in [7, 11) is 0. The fourth-order valence-corrected chi connectivity index (χ4v) is 5.21. The molecule has 0 N–H and O–H groups in total. The highest BCUT2D eigenvalue weighted by molar-refractivity contribution is 8.03. The van der Waals surface area contributed by atoms with Crippen LogP contribution in [0.15, 0.2) is 47.6 Å². The summed E-state index contributed by atoms with van der Waals surface area (Å²) in [6.45, 7) is 1.18. The molecule has 1 aromatic heterocycles. The first-order valence-corrected chi connectivity index (χ1v) is 10.8. The number of nitrogens with zero attached hydrogens (tertiary/aromatic N) is 3. The Labute approximate surface area is 184 Å². The van der Waals surface area contributed by atoms with E-state index >= 15 is 0 Å². The van der Waals surface area contributed by atoms with Crippen LogP contribution in [-0.2, 0) is 30.5 Å².